The smallest absolute Gasteiger partial charge is 0.127 e. The van der Waals surface area contributed by atoms with Crippen LogP contribution in [-0.4, -0.2) is 30.6 Å². The highest BCUT2D eigenvalue weighted by atomic mass is 19.1. The van der Waals surface area contributed by atoms with Crippen molar-refractivity contribution in [1.82, 2.24) is 10.2 Å². The van der Waals surface area contributed by atoms with Crippen molar-refractivity contribution in [3.63, 3.8) is 0 Å². The largest absolute Gasteiger partial charge is 0.306 e. The number of likely N-dealkylation sites (N-methyl/N-ethyl adjacent to an activating group) is 1. The number of nitrogens with zero attached hydrogens (tertiary/aromatic N) is 1. The maximum absolute atomic E-state index is 13.7. The van der Waals surface area contributed by atoms with E-state index in [0.717, 1.165) is 18.7 Å². The summed E-state index contributed by atoms with van der Waals surface area (Å²) >= 11 is 0. The number of rotatable bonds is 4. The molecule has 18 heavy (non-hydrogen) atoms. The molecule has 1 fully saturated rings. The number of hydrogen-bond acceptors (Lipinski definition) is 2. The van der Waals surface area contributed by atoms with Gasteiger partial charge in [0.25, 0.3) is 0 Å². The fraction of sp³-hybridized carbons (Fsp3) is 0.600. The Morgan fingerprint density at radius 3 is 2.94 bits per heavy atom. The van der Waals surface area contributed by atoms with Crippen LogP contribution in [-0.2, 0) is 0 Å². The van der Waals surface area contributed by atoms with Gasteiger partial charge in [-0.05, 0) is 38.9 Å². The van der Waals surface area contributed by atoms with Gasteiger partial charge in [0.1, 0.15) is 5.82 Å². The molecule has 3 heteroatoms. The summed E-state index contributed by atoms with van der Waals surface area (Å²) in [6.45, 7) is 7.62. The molecule has 1 heterocycles. The average molecular weight is 250 g/mol. The molecule has 0 saturated carbocycles. The van der Waals surface area contributed by atoms with Crippen LogP contribution in [0.4, 0.5) is 4.39 Å². The van der Waals surface area contributed by atoms with Crippen LogP contribution in [0.5, 0.6) is 0 Å². The Labute approximate surface area is 109 Å². The second kappa shape index (κ2) is 6.30. The number of hydrogen-bond donors (Lipinski definition) is 1. The highest BCUT2D eigenvalue weighted by Gasteiger charge is 2.21. The van der Waals surface area contributed by atoms with Crippen LogP contribution in [0.1, 0.15) is 38.3 Å². The van der Waals surface area contributed by atoms with Crippen molar-refractivity contribution < 1.29 is 4.39 Å². The highest BCUT2D eigenvalue weighted by molar-refractivity contribution is 5.20. The Balaban J connectivity index is 1.95. The number of halogens is 1. The molecule has 0 radical (unpaired) electrons. The molecule has 2 rings (SSSR count). The van der Waals surface area contributed by atoms with Crippen molar-refractivity contribution in [3.8, 4) is 0 Å². The third-order valence-electron chi connectivity index (χ3n) is 3.81. The van der Waals surface area contributed by atoms with E-state index in [1.165, 1.54) is 25.5 Å². The Hall–Kier alpha value is -0.930. The van der Waals surface area contributed by atoms with Crippen molar-refractivity contribution in [1.29, 1.82) is 0 Å². The van der Waals surface area contributed by atoms with Crippen LogP contribution in [0, 0.1) is 5.82 Å². The van der Waals surface area contributed by atoms with Crippen molar-refractivity contribution in [3.05, 3.63) is 35.6 Å². The van der Waals surface area contributed by atoms with E-state index in [9.17, 15) is 4.39 Å². The van der Waals surface area contributed by atoms with E-state index < -0.39 is 0 Å². The summed E-state index contributed by atoms with van der Waals surface area (Å²) in [6, 6.07) is 7.60. The molecule has 2 atom stereocenters. The van der Waals surface area contributed by atoms with E-state index in [0.29, 0.717) is 6.04 Å². The quantitative estimate of drug-likeness (QED) is 0.884. The molecule has 0 spiro atoms. The lowest BCUT2D eigenvalue weighted by Crippen LogP contribution is -2.46. The van der Waals surface area contributed by atoms with E-state index in [1.807, 2.05) is 19.1 Å². The van der Waals surface area contributed by atoms with Crippen molar-refractivity contribution in [2.45, 2.75) is 38.8 Å². The van der Waals surface area contributed by atoms with E-state index >= 15 is 0 Å². The van der Waals surface area contributed by atoms with Crippen LogP contribution < -0.4 is 5.32 Å². The summed E-state index contributed by atoms with van der Waals surface area (Å²) in [5, 5.41) is 3.56. The van der Waals surface area contributed by atoms with Crippen LogP contribution in [0.15, 0.2) is 24.3 Å². The normalized spacial score (nSPS) is 22.9. The Morgan fingerprint density at radius 1 is 1.44 bits per heavy atom. The first-order valence-electron chi connectivity index (χ1n) is 6.93. The maximum atomic E-state index is 13.7. The van der Waals surface area contributed by atoms with E-state index in [4.69, 9.17) is 0 Å². The maximum Gasteiger partial charge on any atom is 0.127 e. The summed E-state index contributed by atoms with van der Waals surface area (Å²) < 4.78 is 13.7. The average Bonchev–Trinajstić information content (AvgIpc) is 2.39. The molecular formula is C15H23FN2. The first kappa shape index (κ1) is 13.5. The predicted octanol–water partition coefficient (Wildman–Crippen LogP) is 2.96. The molecule has 1 aliphatic rings. The molecule has 1 aromatic rings. The molecule has 0 aromatic heterocycles. The van der Waals surface area contributed by atoms with E-state index in [1.54, 1.807) is 6.07 Å². The molecule has 1 aliphatic heterocycles. The Kier molecular flexibility index (Phi) is 4.72. The van der Waals surface area contributed by atoms with Crippen LogP contribution in [0.2, 0.25) is 0 Å². The minimum absolute atomic E-state index is 0.0769. The lowest BCUT2D eigenvalue weighted by Gasteiger charge is -2.34. The summed E-state index contributed by atoms with van der Waals surface area (Å²) in [5.74, 6) is -0.111. The Morgan fingerprint density at radius 2 is 2.22 bits per heavy atom. The number of likely N-dealkylation sites (tertiary alicyclic amines) is 1. The minimum Gasteiger partial charge on any atom is -0.306 e. The topological polar surface area (TPSA) is 15.3 Å². The molecule has 100 valence electrons. The standard InChI is InChI=1S/C15H23FN2/c1-3-18-10-6-7-13(11-18)17-12(2)14-8-4-5-9-15(14)16/h4-5,8-9,12-13,17H,3,6-7,10-11H2,1-2H3. The molecule has 2 nitrogen and oxygen atoms in total. The second-order valence-corrected chi connectivity index (χ2v) is 5.14. The summed E-state index contributed by atoms with van der Waals surface area (Å²) in [7, 11) is 0. The van der Waals surface area contributed by atoms with Crippen LogP contribution in [0.3, 0.4) is 0 Å². The lowest BCUT2D eigenvalue weighted by atomic mass is 10.0. The van der Waals surface area contributed by atoms with Gasteiger partial charge in [0.05, 0.1) is 0 Å². The molecule has 1 saturated heterocycles. The molecule has 0 amide bonds. The van der Waals surface area contributed by atoms with E-state index in [2.05, 4.69) is 17.1 Å². The SMILES string of the molecule is CCN1CCCC(NC(C)c2ccccc2F)C1. The number of piperidine rings is 1. The van der Waals surface area contributed by atoms with Gasteiger partial charge in [-0.3, -0.25) is 0 Å². The number of nitrogens with one attached hydrogen (secondary N) is 1. The summed E-state index contributed by atoms with van der Waals surface area (Å²) in [5.41, 5.74) is 0.770. The van der Waals surface area contributed by atoms with Crippen molar-refractivity contribution >= 4 is 0 Å². The first-order valence-corrected chi connectivity index (χ1v) is 6.93. The van der Waals surface area contributed by atoms with Crippen LogP contribution >= 0.6 is 0 Å². The lowest BCUT2D eigenvalue weighted by molar-refractivity contribution is 0.191. The van der Waals surface area contributed by atoms with E-state index in [-0.39, 0.29) is 11.9 Å². The van der Waals surface area contributed by atoms with Gasteiger partial charge in [0.2, 0.25) is 0 Å². The van der Waals surface area contributed by atoms with Gasteiger partial charge in [-0.2, -0.15) is 0 Å². The molecule has 0 aliphatic carbocycles. The zero-order valence-electron chi connectivity index (χ0n) is 11.3. The molecule has 1 N–H and O–H groups in total. The van der Waals surface area contributed by atoms with Gasteiger partial charge >= 0.3 is 0 Å². The van der Waals surface area contributed by atoms with Crippen LogP contribution in [0.25, 0.3) is 0 Å². The third kappa shape index (κ3) is 3.30. The zero-order chi connectivity index (χ0) is 13.0. The second-order valence-electron chi connectivity index (χ2n) is 5.14. The predicted molar refractivity (Wildman–Crippen MR) is 73.1 cm³/mol. The van der Waals surface area contributed by atoms with Gasteiger partial charge in [-0.1, -0.05) is 25.1 Å². The zero-order valence-corrected chi connectivity index (χ0v) is 11.3. The Bertz CT molecular complexity index is 381. The van der Waals surface area contributed by atoms with Crippen molar-refractivity contribution in [2.75, 3.05) is 19.6 Å². The molecule has 1 aromatic carbocycles. The van der Waals surface area contributed by atoms with Gasteiger partial charge in [0, 0.05) is 24.2 Å². The molecule has 0 bridgehead atoms. The monoisotopic (exact) mass is 250 g/mol. The number of benzene rings is 1. The summed E-state index contributed by atoms with van der Waals surface area (Å²) in [4.78, 5) is 2.45. The highest BCUT2D eigenvalue weighted by Crippen LogP contribution is 2.19. The fourth-order valence-corrected chi connectivity index (χ4v) is 2.75. The summed E-state index contributed by atoms with van der Waals surface area (Å²) in [6.07, 6.45) is 2.42. The van der Waals surface area contributed by atoms with Gasteiger partial charge in [-0.25, -0.2) is 4.39 Å². The van der Waals surface area contributed by atoms with Gasteiger partial charge in [-0.15, -0.1) is 0 Å². The first-order chi connectivity index (χ1) is 8.70. The van der Waals surface area contributed by atoms with Crippen molar-refractivity contribution in [2.24, 2.45) is 0 Å². The third-order valence-corrected chi connectivity index (χ3v) is 3.81. The molecule has 2 unspecified atom stereocenters. The minimum atomic E-state index is -0.111. The van der Waals surface area contributed by atoms with Gasteiger partial charge in [0.15, 0.2) is 0 Å². The molecular weight excluding hydrogens is 227 g/mol. The fourth-order valence-electron chi connectivity index (χ4n) is 2.75. The van der Waals surface area contributed by atoms with Gasteiger partial charge < -0.3 is 10.2 Å².